The summed E-state index contributed by atoms with van der Waals surface area (Å²) in [7, 11) is 1.60. The van der Waals surface area contributed by atoms with Crippen LogP contribution in [-0.2, 0) is 10.3 Å². The minimum absolute atomic E-state index is 0.149. The summed E-state index contributed by atoms with van der Waals surface area (Å²) in [5.41, 5.74) is 2.17. The molecular weight excluding hydrogens is 428 g/mol. The highest BCUT2D eigenvalue weighted by Gasteiger charge is 2.46. The van der Waals surface area contributed by atoms with Crippen LogP contribution < -0.4 is 4.74 Å². The van der Waals surface area contributed by atoms with E-state index >= 15 is 0 Å². The fourth-order valence-corrected chi connectivity index (χ4v) is 4.73. The molecule has 4 rings (SSSR count). The molecular formula is C28H32N2O4. The number of cyclic esters (lactones) is 1. The molecule has 1 aliphatic heterocycles. The Morgan fingerprint density at radius 1 is 1.12 bits per heavy atom. The van der Waals surface area contributed by atoms with Gasteiger partial charge in [0.05, 0.1) is 18.8 Å². The molecule has 1 aromatic heterocycles. The molecule has 178 valence electrons. The highest BCUT2D eigenvalue weighted by Crippen LogP contribution is 2.42. The SMILES string of the molecule is COc1cc(-c2ccc(C(C)N3CCC(CC(C)(C)O)(c4ccccc4)OC3=O)cc2)ccn1. The summed E-state index contributed by atoms with van der Waals surface area (Å²) in [6.45, 7) is 6.05. The first-order valence-electron chi connectivity index (χ1n) is 11.6. The molecule has 0 aliphatic carbocycles. The molecule has 2 unspecified atom stereocenters. The summed E-state index contributed by atoms with van der Waals surface area (Å²) in [6, 6.07) is 21.6. The number of methoxy groups -OCH3 is 1. The first kappa shape index (κ1) is 23.8. The summed E-state index contributed by atoms with van der Waals surface area (Å²) < 4.78 is 11.3. The summed E-state index contributed by atoms with van der Waals surface area (Å²) in [5.74, 6) is 0.568. The zero-order valence-electron chi connectivity index (χ0n) is 20.2. The number of nitrogens with zero attached hydrogens (tertiary/aromatic N) is 2. The van der Waals surface area contributed by atoms with Crippen molar-refractivity contribution in [2.24, 2.45) is 0 Å². The monoisotopic (exact) mass is 460 g/mol. The van der Waals surface area contributed by atoms with E-state index in [-0.39, 0.29) is 12.1 Å². The quantitative estimate of drug-likeness (QED) is 0.488. The molecule has 2 aromatic carbocycles. The summed E-state index contributed by atoms with van der Waals surface area (Å²) in [5, 5.41) is 10.6. The van der Waals surface area contributed by atoms with Crippen molar-refractivity contribution >= 4 is 6.09 Å². The lowest BCUT2D eigenvalue weighted by Crippen LogP contribution is -2.51. The van der Waals surface area contributed by atoms with Crippen LogP contribution in [-0.4, -0.2) is 40.3 Å². The number of benzene rings is 2. The number of carbonyl (C=O) groups excluding carboxylic acids is 1. The Kier molecular flexibility index (Phi) is 6.62. The number of ether oxygens (including phenoxy) is 2. The average Bonchev–Trinajstić information content (AvgIpc) is 2.83. The highest BCUT2D eigenvalue weighted by molar-refractivity contribution is 5.70. The molecule has 1 fully saturated rings. The van der Waals surface area contributed by atoms with Crippen molar-refractivity contribution in [3.8, 4) is 17.0 Å². The van der Waals surface area contributed by atoms with Gasteiger partial charge in [0, 0.05) is 31.6 Å². The number of amides is 1. The second kappa shape index (κ2) is 9.47. The molecule has 6 nitrogen and oxygen atoms in total. The summed E-state index contributed by atoms with van der Waals surface area (Å²) in [6.07, 6.45) is 2.30. The summed E-state index contributed by atoms with van der Waals surface area (Å²) >= 11 is 0. The van der Waals surface area contributed by atoms with Crippen LogP contribution in [0.1, 0.15) is 50.8 Å². The average molecular weight is 461 g/mol. The minimum Gasteiger partial charge on any atom is -0.481 e. The van der Waals surface area contributed by atoms with Crippen LogP contribution in [0.5, 0.6) is 5.88 Å². The van der Waals surface area contributed by atoms with Crippen LogP contribution in [0.25, 0.3) is 11.1 Å². The first-order valence-corrected chi connectivity index (χ1v) is 11.6. The van der Waals surface area contributed by atoms with Crippen molar-refractivity contribution in [1.29, 1.82) is 0 Å². The van der Waals surface area contributed by atoms with Crippen LogP contribution in [0, 0.1) is 0 Å². The fourth-order valence-electron chi connectivity index (χ4n) is 4.73. The van der Waals surface area contributed by atoms with Gasteiger partial charge in [-0.25, -0.2) is 9.78 Å². The molecule has 2 heterocycles. The molecule has 1 N–H and O–H groups in total. The van der Waals surface area contributed by atoms with Gasteiger partial charge in [-0.1, -0.05) is 54.6 Å². The Bertz CT molecular complexity index is 1130. The molecule has 0 saturated carbocycles. The van der Waals surface area contributed by atoms with Gasteiger partial charge in [-0.05, 0) is 49.1 Å². The van der Waals surface area contributed by atoms with Gasteiger partial charge in [-0.15, -0.1) is 0 Å². The Morgan fingerprint density at radius 2 is 1.82 bits per heavy atom. The second-order valence-corrected chi connectivity index (χ2v) is 9.55. The topological polar surface area (TPSA) is 71.9 Å². The fraction of sp³-hybridized carbons (Fsp3) is 0.357. The van der Waals surface area contributed by atoms with Crippen molar-refractivity contribution in [3.05, 3.63) is 84.1 Å². The molecule has 1 amide bonds. The third-order valence-corrected chi connectivity index (χ3v) is 6.43. The Morgan fingerprint density at radius 3 is 2.44 bits per heavy atom. The van der Waals surface area contributed by atoms with Gasteiger partial charge in [-0.3, -0.25) is 0 Å². The zero-order chi connectivity index (χ0) is 24.3. The van der Waals surface area contributed by atoms with Crippen molar-refractivity contribution in [2.45, 2.75) is 50.9 Å². The lowest BCUT2D eigenvalue weighted by atomic mass is 9.80. The molecule has 34 heavy (non-hydrogen) atoms. The van der Waals surface area contributed by atoms with Gasteiger partial charge in [0.2, 0.25) is 5.88 Å². The van der Waals surface area contributed by atoms with E-state index < -0.39 is 11.2 Å². The van der Waals surface area contributed by atoms with Crippen molar-refractivity contribution < 1.29 is 19.4 Å². The number of aliphatic hydroxyl groups is 1. The largest absolute Gasteiger partial charge is 0.481 e. The van der Waals surface area contributed by atoms with Gasteiger partial charge in [0.1, 0.15) is 5.60 Å². The maximum atomic E-state index is 13.2. The normalized spacial score (nSPS) is 19.4. The lowest BCUT2D eigenvalue weighted by molar-refractivity contribution is -0.101. The van der Waals surface area contributed by atoms with Crippen LogP contribution in [0.4, 0.5) is 4.79 Å². The number of carbonyl (C=O) groups is 1. The third kappa shape index (κ3) is 5.07. The van der Waals surface area contributed by atoms with Crippen molar-refractivity contribution in [1.82, 2.24) is 9.88 Å². The van der Waals surface area contributed by atoms with Gasteiger partial charge in [-0.2, -0.15) is 0 Å². The van der Waals surface area contributed by atoms with Crippen molar-refractivity contribution in [2.75, 3.05) is 13.7 Å². The van der Waals surface area contributed by atoms with Crippen LogP contribution in [0.2, 0.25) is 0 Å². The van der Waals surface area contributed by atoms with Crippen molar-refractivity contribution in [3.63, 3.8) is 0 Å². The molecule has 6 heteroatoms. The van der Waals surface area contributed by atoms with Crippen LogP contribution in [0.15, 0.2) is 72.9 Å². The Balaban J connectivity index is 1.53. The molecule has 1 saturated heterocycles. The third-order valence-electron chi connectivity index (χ3n) is 6.43. The molecule has 2 atom stereocenters. The number of rotatable bonds is 7. The van der Waals surface area contributed by atoms with Gasteiger partial charge in [0.25, 0.3) is 0 Å². The van der Waals surface area contributed by atoms with Crippen LogP contribution in [0.3, 0.4) is 0 Å². The van der Waals surface area contributed by atoms with Crippen LogP contribution >= 0.6 is 0 Å². The Hall–Kier alpha value is -3.38. The maximum absolute atomic E-state index is 13.2. The standard InChI is InChI=1S/C28H32N2O4/c1-20(21-10-12-22(13-11-21)23-14-16-29-25(18-23)33-4)30-17-15-28(34-26(30)31,19-27(2,3)32)24-8-6-5-7-9-24/h5-14,16,18,20,32H,15,17,19H2,1-4H3. The highest BCUT2D eigenvalue weighted by atomic mass is 16.6. The van der Waals surface area contributed by atoms with Gasteiger partial charge in [0.15, 0.2) is 0 Å². The van der Waals surface area contributed by atoms with E-state index in [1.165, 1.54) is 0 Å². The lowest BCUT2D eigenvalue weighted by Gasteiger charge is -2.45. The van der Waals surface area contributed by atoms with E-state index in [0.717, 1.165) is 22.3 Å². The minimum atomic E-state index is -0.977. The predicted octanol–water partition coefficient (Wildman–Crippen LogP) is 5.72. The summed E-state index contributed by atoms with van der Waals surface area (Å²) in [4.78, 5) is 19.2. The van der Waals surface area contributed by atoms with Gasteiger partial charge >= 0.3 is 6.09 Å². The van der Waals surface area contributed by atoms with E-state index in [1.54, 1.807) is 32.1 Å². The van der Waals surface area contributed by atoms with E-state index in [9.17, 15) is 9.90 Å². The zero-order valence-corrected chi connectivity index (χ0v) is 20.2. The number of pyridine rings is 1. The molecule has 0 spiro atoms. The molecule has 3 aromatic rings. The number of hydrogen-bond acceptors (Lipinski definition) is 5. The molecule has 0 radical (unpaired) electrons. The van der Waals surface area contributed by atoms with Gasteiger partial charge < -0.3 is 19.5 Å². The predicted molar refractivity (Wildman–Crippen MR) is 131 cm³/mol. The van der Waals surface area contributed by atoms with E-state index in [0.29, 0.717) is 25.3 Å². The van der Waals surface area contributed by atoms with E-state index in [2.05, 4.69) is 4.98 Å². The number of aromatic nitrogens is 1. The smallest absolute Gasteiger partial charge is 0.411 e. The van der Waals surface area contributed by atoms with E-state index in [4.69, 9.17) is 9.47 Å². The van der Waals surface area contributed by atoms with E-state index in [1.807, 2.05) is 73.7 Å². The maximum Gasteiger partial charge on any atom is 0.411 e. The second-order valence-electron chi connectivity index (χ2n) is 9.55. The molecule has 1 aliphatic rings. The number of hydrogen-bond donors (Lipinski definition) is 1. The first-order chi connectivity index (χ1) is 16.2. The molecule has 0 bridgehead atoms. The Labute approximate surface area is 201 Å².